The number of carbonyl (C=O) groups is 1. The van der Waals surface area contributed by atoms with Crippen LogP contribution in [0.25, 0.3) is 6.08 Å². The third kappa shape index (κ3) is 2.63. The molecule has 1 N–H and O–H groups in total. The van der Waals surface area contributed by atoms with Gasteiger partial charge in [0.1, 0.15) is 17.8 Å². The molecule has 0 fully saturated rings. The molecule has 0 aliphatic carbocycles. The summed E-state index contributed by atoms with van der Waals surface area (Å²) >= 11 is 0. The number of methoxy groups -OCH3 is 2. The summed E-state index contributed by atoms with van der Waals surface area (Å²) in [5, 5.41) is 10.0. The zero-order chi connectivity index (χ0) is 18.1. The van der Waals surface area contributed by atoms with Crippen LogP contribution in [0.4, 0.5) is 0 Å². The van der Waals surface area contributed by atoms with Gasteiger partial charge in [0.25, 0.3) is 0 Å². The van der Waals surface area contributed by atoms with Crippen molar-refractivity contribution < 1.29 is 28.5 Å². The van der Waals surface area contributed by atoms with Crippen LogP contribution in [0.1, 0.15) is 40.3 Å². The lowest BCUT2D eigenvalue weighted by molar-refractivity contribution is 0.0449. The number of aromatic hydroxyl groups is 1. The maximum Gasteiger partial charge on any atom is 0.339 e. The van der Waals surface area contributed by atoms with Crippen LogP contribution in [0, 0.1) is 0 Å². The Kier molecular flexibility index (Phi) is 4.22. The molecule has 0 saturated heterocycles. The van der Waals surface area contributed by atoms with E-state index in [0.717, 1.165) is 0 Å². The van der Waals surface area contributed by atoms with E-state index in [1.807, 2.05) is 0 Å². The third-order valence-electron chi connectivity index (χ3n) is 3.90. The Bertz CT molecular complexity index is 924. The van der Waals surface area contributed by atoms with E-state index >= 15 is 0 Å². The molecule has 2 heterocycles. The maximum atomic E-state index is 12.5. The van der Waals surface area contributed by atoms with Crippen LogP contribution >= 0.6 is 0 Å². The molecule has 1 aliphatic heterocycles. The highest BCUT2D eigenvalue weighted by atomic mass is 16.6. The van der Waals surface area contributed by atoms with Crippen molar-refractivity contribution in [2.45, 2.75) is 13.0 Å². The molecular formula is C18H16O7. The lowest BCUT2D eigenvalue weighted by Gasteiger charge is -2.14. The quantitative estimate of drug-likeness (QED) is 0.852. The molecule has 1 aliphatic rings. The minimum absolute atomic E-state index is 0.00122. The normalized spacial score (nSPS) is 16.0. The third-order valence-corrected chi connectivity index (χ3v) is 3.90. The highest BCUT2D eigenvalue weighted by molar-refractivity contribution is 5.96. The molecule has 2 aromatic rings. The van der Waals surface area contributed by atoms with Crippen molar-refractivity contribution in [3.63, 3.8) is 0 Å². The summed E-state index contributed by atoms with van der Waals surface area (Å²) in [6.45, 7) is 1.72. The first-order chi connectivity index (χ1) is 12.0. The van der Waals surface area contributed by atoms with Crippen molar-refractivity contribution in [1.29, 1.82) is 0 Å². The number of fused-ring (bicyclic) bond motifs is 1. The second-order valence-corrected chi connectivity index (χ2v) is 5.31. The number of esters is 1. The summed E-state index contributed by atoms with van der Waals surface area (Å²) in [6.07, 6.45) is 3.22. The number of carbonyl (C=O) groups excluding carboxylic acids is 1. The zero-order valence-electron chi connectivity index (χ0n) is 13.9. The highest BCUT2D eigenvalue weighted by Gasteiger charge is 2.38. The fourth-order valence-corrected chi connectivity index (χ4v) is 2.71. The summed E-state index contributed by atoms with van der Waals surface area (Å²) in [5.74, 6) is -0.378. The molecule has 0 saturated carbocycles. The number of hydrogen-bond donors (Lipinski definition) is 1. The SMILES string of the molecule is CC=Cc1occ([C@@H]2OC(=O)c3cc(OC)cc(OC)c32)c(=O)c1O. The minimum atomic E-state index is -1.04. The molecule has 1 atom stereocenters. The molecule has 25 heavy (non-hydrogen) atoms. The van der Waals surface area contributed by atoms with Gasteiger partial charge in [0, 0.05) is 6.07 Å². The average molecular weight is 344 g/mol. The van der Waals surface area contributed by atoms with Crippen LogP contribution in [0.15, 0.2) is 33.7 Å². The van der Waals surface area contributed by atoms with Gasteiger partial charge in [-0.2, -0.15) is 0 Å². The first-order valence-corrected chi connectivity index (χ1v) is 7.46. The van der Waals surface area contributed by atoms with Gasteiger partial charge in [0.05, 0.1) is 30.9 Å². The minimum Gasteiger partial charge on any atom is -0.502 e. The van der Waals surface area contributed by atoms with E-state index in [4.69, 9.17) is 18.6 Å². The van der Waals surface area contributed by atoms with E-state index in [1.54, 1.807) is 19.1 Å². The van der Waals surface area contributed by atoms with Crippen molar-refractivity contribution in [2.75, 3.05) is 14.2 Å². The Labute approximate surface area is 143 Å². The molecule has 1 aromatic carbocycles. The smallest absolute Gasteiger partial charge is 0.339 e. The first kappa shape index (κ1) is 16.6. The van der Waals surface area contributed by atoms with Gasteiger partial charge >= 0.3 is 5.97 Å². The predicted octanol–water partition coefficient (Wildman–Crippen LogP) is 2.66. The van der Waals surface area contributed by atoms with Gasteiger partial charge in [-0.25, -0.2) is 4.79 Å². The highest BCUT2D eigenvalue weighted by Crippen LogP contribution is 2.43. The molecule has 0 amide bonds. The fraction of sp³-hybridized carbons (Fsp3) is 0.222. The Balaban J connectivity index is 2.19. The van der Waals surface area contributed by atoms with E-state index < -0.39 is 23.3 Å². The molecule has 7 nitrogen and oxygen atoms in total. The Hall–Kier alpha value is -3.22. The van der Waals surface area contributed by atoms with Gasteiger partial charge in [-0.05, 0) is 19.1 Å². The van der Waals surface area contributed by atoms with Gasteiger partial charge in [-0.3, -0.25) is 4.79 Å². The topological polar surface area (TPSA) is 95.2 Å². The summed E-state index contributed by atoms with van der Waals surface area (Å²) in [6, 6.07) is 3.10. The van der Waals surface area contributed by atoms with Gasteiger partial charge in [0.15, 0.2) is 11.9 Å². The Morgan fingerprint density at radius 2 is 1.96 bits per heavy atom. The number of hydrogen-bond acceptors (Lipinski definition) is 7. The lowest BCUT2D eigenvalue weighted by atomic mass is 9.98. The number of cyclic esters (lactones) is 1. The number of rotatable bonds is 4. The van der Waals surface area contributed by atoms with Gasteiger partial charge in [-0.1, -0.05) is 6.08 Å². The average Bonchev–Trinajstić information content (AvgIpc) is 2.95. The molecule has 3 rings (SSSR count). The van der Waals surface area contributed by atoms with Crippen molar-refractivity contribution in [3.8, 4) is 17.2 Å². The lowest BCUT2D eigenvalue weighted by Crippen LogP contribution is -2.15. The molecule has 7 heteroatoms. The van der Waals surface area contributed by atoms with E-state index in [-0.39, 0.29) is 16.9 Å². The van der Waals surface area contributed by atoms with Gasteiger partial charge in [-0.15, -0.1) is 0 Å². The Morgan fingerprint density at radius 1 is 1.20 bits per heavy atom. The van der Waals surface area contributed by atoms with E-state index in [0.29, 0.717) is 17.1 Å². The maximum absolute atomic E-state index is 12.5. The summed E-state index contributed by atoms with van der Waals surface area (Å²) < 4.78 is 21.1. The van der Waals surface area contributed by atoms with E-state index in [1.165, 1.54) is 32.6 Å². The van der Waals surface area contributed by atoms with Crippen molar-refractivity contribution >= 4 is 12.0 Å². The summed E-state index contributed by atoms with van der Waals surface area (Å²) in [4.78, 5) is 24.7. The fourth-order valence-electron chi connectivity index (χ4n) is 2.71. The predicted molar refractivity (Wildman–Crippen MR) is 88.2 cm³/mol. The molecule has 1 aromatic heterocycles. The molecule has 0 spiro atoms. The van der Waals surface area contributed by atoms with E-state index in [9.17, 15) is 14.7 Å². The van der Waals surface area contributed by atoms with Crippen molar-refractivity contribution in [3.05, 3.63) is 57.1 Å². The first-order valence-electron chi connectivity index (χ1n) is 7.46. The van der Waals surface area contributed by atoms with Crippen LogP contribution in [0.2, 0.25) is 0 Å². The molecule has 130 valence electrons. The summed E-state index contributed by atoms with van der Waals surface area (Å²) in [5.41, 5.74) is -0.0550. The Morgan fingerprint density at radius 3 is 2.60 bits per heavy atom. The van der Waals surface area contributed by atoms with Crippen LogP contribution in [0.3, 0.4) is 0 Å². The van der Waals surface area contributed by atoms with Crippen LogP contribution in [-0.4, -0.2) is 25.3 Å². The zero-order valence-corrected chi connectivity index (χ0v) is 13.9. The monoisotopic (exact) mass is 344 g/mol. The molecule has 0 bridgehead atoms. The van der Waals surface area contributed by atoms with Crippen LogP contribution in [0.5, 0.6) is 17.2 Å². The molecule has 0 unspecified atom stereocenters. The number of ether oxygens (including phenoxy) is 3. The number of allylic oxidation sites excluding steroid dienone is 1. The molecular weight excluding hydrogens is 328 g/mol. The largest absolute Gasteiger partial charge is 0.502 e. The molecule has 0 radical (unpaired) electrons. The van der Waals surface area contributed by atoms with E-state index in [2.05, 4.69) is 0 Å². The second-order valence-electron chi connectivity index (χ2n) is 5.31. The van der Waals surface area contributed by atoms with Crippen LogP contribution in [-0.2, 0) is 4.74 Å². The van der Waals surface area contributed by atoms with Gasteiger partial charge < -0.3 is 23.7 Å². The number of benzene rings is 1. The second kappa shape index (κ2) is 6.35. The van der Waals surface area contributed by atoms with Crippen molar-refractivity contribution in [2.24, 2.45) is 0 Å². The summed E-state index contributed by atoms with van der Waals surface area (Å²) in [7, 11) is 2.90. The standard InChI is InChI=1S/C18H16O7/c1-4-5-12-16(20)15(19)11(8-24-12)17-14-10(18(21)25-17)6-9(22-2)7-13(14)23-3/h4-8,17,20H,1-3H3/t17-/m0/s1. The van der Waals surface area contributed by atoms with Crippen molar-refractivity contribution in [1.82, 2.24) is 0 Å². The van der Waals surface area contributed by atoms with Gasteiger partial charge in [0.2, 0.25) is 11.2 Å². The van der Waals surface area contributed by atoms with Crippen LogP contribution < -0.4 is 14.9 Å².